The molecule has 1 amide bonds. The molecule has 0 aliphatic heterocycles. The van der Waals surface area contributed by atoms with Crippen LogP contribution in [-0.4, -0.2) is 66.0 Å². The van der Waals surface area contributed by atoms with Crippen molar-refractivity contribution in [1.82, 2.24) is 29.8 Å². The number of nitrogens with zero attached hydrogens (tertiary/aromatic N) is 5. The van der Waals surface area contributed by atoms with Gasteiger partial charge in [0.1, 0.15) is 18.2 Å². The number of carbonyl (C=O) groups excluding carboxylic acids is 2. The van der Waals surface area contributed by atoms with Gasteiger partial charge in [-0.3, -0.25) is 20.0 Å². The number of amides is 1. The number of para-hydroxylation sites is 2. The fourth-order valence-corrected chi connectivity index (χ4v) is 6.70. The molecule has 0 saturated heterocycles. The van der Waals surface area contributed by atoms with Gasteiger partial charge in [-0.25, -0.2) is 14.8 Å². The van der Waals surface area contributed by atoms with Gasteiger partial charge in [0.25, 0.3) is 5.91 Å². The topological polar surface area (TPSA) is 144 Å². The third-order valence-electron chi connectivity index (χ3n) is 9.36. The van der Waals surface area contributed by atoms with E-state index in [1.807, 2.05) is 42.5 Å². The highest BCUT2D eigenvalue weighted by atomic mass is 17.1. The van der Waals surface area contributed by atoms with Gasteiger partial charge in [0.2, 0.25) is 0 Å². The molecule has 12 heteroatoms. The third kappa shape index (κ3) is 8.81. The van der Waals surface area contributed by atoms with Crippen molar-refractivity contribution in [3.63, 3.8) is 0 Å². The number of nitrogens with one attached hydrogen (secondary N) is 1. The van der Waals surface area contributed by atoms with Crippen molar-refractivity contribution < 1.29 is 29.6 Å². The average molecular weight is 719 g/mol. The zero-order valence-electron chi connectivity index (χ0n) is 30.6. The number of hydrogen-bond acceptors (Lipinski definition) is 9. The van der Waals surface area contributed by atoms with Crippen LogP contribution in [-0.2, 0) is 34.4 Å². The van der Waals surface area contributed by atoms with E-state index in [-0.39, 0.29) is 24.4 Å². The van der Waals surface area contributed by atoms with E-state index >= 15 is 0 Å². The molecule has 53 heavy (non-hydrogen) atoms. The summed E-state index contributed by atoms with van der Waals surface area (Å²) in [5.41, 5.74) is 9.48. The third-order valence-corrected chi connectivity index (χ3v) is 9.36. The summed E-state index contributed by atoms with van der Waals surface area (Å²) >= 11 is 0. The predicted molar refractivity (Wildman–Crippen MR) is 202 cm³/mol. The lowest BCUT2D eigenvalue weighted by molar-refractivity contribution is -0.503. The van der Waals surface area contributed by atoms with Gasteiger partial charge in [-0.2, -0.15) is 0 Å². The van der Waals surface area contributed by atoms with E-state index < -0.39 is 12.1 Å². The van der Waals surface area contributed by atoms with Gasteiger partial charge in [0, 0.05) is 31.1 Å². The Bertz CT molecular complexity index is 2210. The summed E-state index contributed by atoms with van der Waals surface area (Å²) < 4.78 is 9.70. The number of fused-ring (bicyclic) bond motifs is 2. The van der Waals surface area contributed by atoms with Crippen molar-refractivity contribution in [2.24, 2.45) is 7.05 Å². The molecular weight excluding hydrogens is 672 g/mol. The van der Waals surface area contributed by atoms with Crippen LogP contribution in [0.25, 0.3) is 44.6 Å². The molecule has 12 nitrogen and oxygen atoms in total. The monoisotopic (exact) mass is 718 g/mol. The molecule has 1 unspecified atom stereocenters. The number of carbonyl (C=O) groups is 2. The second kappa shape index (κ2) is 17.0. The lowest BCUT2D eigenvalue weighted by Crippen LogP contribution is -2.31. The van der Waals surface area contributed by atoms with E-state index in [0.717, 1.165) is 74.4 Å². The van der Waals surface area contributed by atoms with Gasteiger partial charge in [0.05, 0.1) is 40.2 Å². The number of imidazole rings is 2. The van der Waals surface area contributed by atoms with Gasteiger partial charge >= 0.3 is 5.97 Å². The predicted octanol–water partition coefficient (Wildman–Crippen LogP) is 7.41. The van der Waals surface area contributed by atoms with Crippen molar-refractivity contribution >= 4 is 33.9 Å². The van der Waals surface area contributed by atoms with Crippen LogP contribution < -0.4 is 5.32 Å². The van der Waals surface area contributed by atoms with Crippen LogP contribution in [0, 0.1) is 6.92 Å². The molecule has 0 spiro atoms. The maximum Gasteiger partial charge on any atom is 0.325 e. The standard InChI is InChI=1S/C41H46N6O6/c1-5-12-37-44-39-27(2)23-31(40-43-34-16-8-9-17-35(34)45(40)4)24-36(39)46(37)26-29-18-20-30(21-19-29)32-14-6-7-15-33(32)41(49)42-25-38(48)52-22-11-10-13-28(3)53-47(50)51/h6-9,14-21,23-24,28,50-51H,5,10-13,22,25-26H2,1-4H3,(H,42,49). The molecule has 6 rings (SSSR count). The fourth-order valence-electron chi connectivity index (χ4n) is 6.70. The lowest BCUT2D eigenvalue weighted by Gasteiger charge is -2.14. The number of unbranched alkanes of at least 4 members (excludes halogenated alkanes) is 1. The Hall–Kier alpha value is -5.40. The molecule has 1 atom stereocenters. The Kier molecular flexibility index (Phi) is 12.0. The highest BCUT2D eigenvalue weighted by Crippen LogP contribution is 2.31. The van der Waals surface area contributed by atoms with Crippen LogP contribution in [0.3, 0.4) is 0 Å². The quantitative estimate of drug-likeness (QED) is 0.0530. The first-order valence-corrected chi connectivity index (χ1v) is 18.0. The Morgan fingerprint density at radius 3 is 2.43 bits per heavy atom. The molecule has 2 heterocycles. The Morgan fingerprint density at radius 1 is 0.925 bits per heavy atom. The first kappa shape index (κ1) is 37.4. The van der Waals surface area contributed by atoms with Gasteiger partial charge in [-0.15, -0.1) is 0 Å². The molecule has 0 saturated carbocycles. The van der Waals surface area contributed by atoms with E-state index in [0.29, 0.717) is 31.4 Å². The largest absolute Gasteiger partial charge is 0.464 e. The minimum absolute atomic E-state index is 0.184. The molecule has 6 aromatic rings. The molecule has 0 fully saturated rings. The highest BCUT2D eigenvalue weighted by Gasteiger charge is 2.18. The van der Waals surface area contributed by atoms with Gasteiger partial charge in [-0.05, 0) is 92.1 Å². The van der Waals surface area contributed by atoms with Crippen molar-refractivity contribution in [2.45, 2.75) is 65.5 Å². The smallest absolute Gasteiger partial charge is 0.325 e. The lowest BCUT2D eigenvalue weighted by atomic mass is 9.98. The van der Waals surface area contributed by atoms with Crippen LogP contribution >= 0.6 is 0 Å². The van der Waals surface area contributed by atoms with Crippen molar-refractivity contribution in [3.8, 4) is 22.5 Å². The summed E-state index contributed by atoms with van der Waals surface area (Å²) in [6.45, 7) is 6.54. The van der Waals surface area contributed by atoms with Gasteiger partial charge in [-0.1, -0.05) is 61.5 Å². The molecule has 0 bridgehead atoms. The molecule has 0 aliphatic carbocycles. The molecular formula is C41H46N6O6. The van der Waals surface area contributed by atoms with Crippen molar-refractivity contribution in [1.29, 1.82) is 0 Å². The number of hydrogen-bond donors (Lipinski definition) is 3. The first-order valence-electron chi connectivity index (χ1n) is 18.0. The van der Waals surface area contributed by atoms with Crippen LogP contribution in [0.2, 0.25) is 0 Å². The molecule has 4 aromatic carbocycles. The molecule has 276 valence electrons. The maximum atomic E-state index is 13.2. The summed E-state index contributed by atoms with van der Waals surface area (Å²) in [4.78, 5) is 40.3. The van der Waals surface area contributed by atoms with Crippen LogP contribution in [0.5, 0.6) is 0 Å². The summed E-state index contributed by atoms with van der Waals surface area (Å²) in [5, 5.41) is 19.8. The Morgan fingerprint density at radius 2 is 1.68 bits per heavy atom. The number of ether oxygens (including phenoxy) is 1. The van der Waals surface area contributed by atoms with Crippen molar-refractivity contribution in [2.75, 3.05) is 13.2 Å². The van der Waals surface area contributed by atoms with Gasteiger partial charge < -0.3 is 19.2 Å². The SMILES string of the molecule is CCCc1nc2c(C)cc(-c3nc4ccccc4n3C)cc2n1Cc1ccc(-c2ccccc2C(=O)NCC(=O)OCCCCC(C)ON(O)O)cc1. The van der Waals surface area contributed by atoms with E-state index in [1.165, 1.54) is 0 Å². The number of rotatable bonds is 16. The Balaban J connectivity index is 1.14. The fraction of sp³-hybridized carbons (Fsp3) is 0.317. The van der Waals surface area contributed by atoms with E-state index in [4.69, 9.17) is 30.0 Å². The van der Waals surface area contributed by atoms with E-state index in [2.05, 4.69) is 65.7 Å². The molecule has 2 aromatic heterocycles. The van der Waals surface area contributed by atoms with E-state index in [1.54, 1.807) is 19.1 Å². The minimum Gasteiger partial charge on any atom is -0.464 e. The normalized spacial score (nSPS) is 12.1. The second-order valence-corrected chi connectivity index (χ2v) is 13.3. The summed E-state index contributed by atoms with van der Waals surface area (Å²) in [6, 6.07) is 28.1. The van der Waals surface area contributed by atoms with Crippen molar-refractivity contribution in [3.05, 3.63) is 107 Å². The first-order chi connectivity index (χ1) is 25.6. The number of aromatic nitrogens is 4. The average Bonchev–Trinajstić information content (AvgIpc) is 3.67. The minimum atomic E-state index is -0.536. The van der Waals surface area contributed by atoms with Crippen LogP contribution in [0.15, 0.2) is 84.9 Å². The molecule has 0 radical (unpaired) electrons. The summed E-state index contributed by atoms with van der Waals surface area (Å²) in [5.74, 6) is 1.05. The summed E-state index contributed by atoms with van der Waals surface area (Å²) in [7, 11) is 2.05. The van der Waals surface area contributed by atoms with Gasteiger partial charge in [0.15, 0.2) is 0 Å². The number of aryl methyl sites for hydroxylation is 3. The number of benzene rings is 4. The zero-order chi connectivity index (χ0) is 37.5. The molecule has 3 N–H and O–H groups in total. The molecule has 0 aliphatic rings. The zero-order valence-corrected chi connectivity index (χ0v) is 30.6. The maximum absolute atomic E-state index is 13.2. The summed E-state index contributed by atoms with van der Waals surface area (Å²) in [6.07, 6.45) is 3.21. The van der Waals surface area contributed by atoms with Crippen LogP contribution in [0.4, 0.5) is 0 Å². The van der Waals surface area contributed by atoms with E-state index in [9.17, 15) is 9.59 Å². The second-order valence-electron chi connectivity index (χ2n) is 13.3. The van der Waals surface area contributed by atoms with Crippen LogP contribution in [0.1, 0.15) is 66.8 Å². The Labute approximate surface area is 308 Å². The highest BCUT2D eigenvalue weighted by molar-refractivity contribution is 6.02. The number of esters is 1.